The van der Waals surface area contributed by atoms with Crippen LogP contribution in [0.15, 0.2) is 18.2 Å². The van der Waals surface area contributed by atoms with Gasteiger partial charge in [-0.05, 0) is 73.3 Å². The van der Waals surface area contributed by atoms with Gasteiger partial charge in [-0.15, -0.1) is 0 Å². The number of nitrogens with zero attached hydrogens (tertiary/aromatic N) is 1. The maximum Gasteiger partial charge on any atom is 0.228 e. The molecule has 17 nitrogen and oxygen atoms in total. The topological polar surface area (TPSA) is 238 Å². The normalized spacial score (nSPS) is 43.5. The standard InChI is InChI=1S/C43H58N2O15/c1-17-34(50)42(5,52)37(54-10)39(56-17)59-35-18(2)55-25(16-40(35,3)44)57-36-28(45(7)8)32(49)38-58-33-23(43(36,6)60-38)12-11-20-27(33)31(48)26-22(29(20)46)13-19-15-41(4,51)24(53-9)14-21(19)30(26)47/h11-13,17-18,24-25,28,32,34-39,47,49-52H,14-16,44H2,1-10H3/t17-,18-,24?,25+,28?,32?,34-,35-,36?,37-,38?,39-,40+,41?,42+,43?/m0/s1. The molecular weight excluding hydrogens is 784 g/mol. The fourth-order valence-corrected chi connectivity index (χ4v) is 10.6. The smallest absolute Gasteiger partial charge is 0.228 e. The molecule has 16 atom stereocenters. The molecule has 2 aliphatic carbocycles. The van der Waals surface area contributed by atoms with Gasteiger partial charge in [-0.1, -0.05) is 6.07 Å². The van der Waals surface area contributed by atoms with Crippen LogP contribution >= 0.6 is 0 Å². The Kier molecular flexibility index (Phi) is 10.7. The van der Waals surface area contributed by atoms with Crippen LogP contribution in [0, 0.1) is 0 Å². The minimum Gasteiger partial charge on any atom is -0.507 e. The number of hydrogen-bond donors (Lipinski definition) is 6. The minimum absolute atomic E-state index is 0.0173. The van der Waals surface area contributed by atoms with E-state index in [2.05, 4.69) is 0 Å². The molecule has 60 heavy (non-hydrogen) atoms. The maximum atomic E-state index is 14.7. The number of ketones is 2. The molecule has 2 bridgehead atoms. The number of rotatable bonds is 7. The van der Waals surface area contributed by atoms with Gasteiger partial charge >= 0.3 is 0 Å². The number of fused-ring (bicyclic) bond motifs is 8. The number of aromatic hydroxyl groups is 1. The molecule has 2 aromatic carbocycles. The highest BCUT2D eigenvalue weighted by Gasteiger charge is 2.62. The number of benzene rings is 2. The molecule has 0 saturated carbocycles. The predicted octanol–water partition coefficient (Wildman–Crippen LogP) is 0.782. The van der Waals surface area contributed by atoms with Crippen LogP contribution in [0.25, 0.3) is 0 Å². The Bertz CT molecular complexity index is 2070. The van der Waals surface area contributed by atoms with Crippen LogP contribution in [0.2, 0.25) is 0 Å². The third-order valence-corrected chi connectivity index (χ3v) is 13.8. The first-order valence-corrected chi connectivity index (χ1v) is 20.4. The molecule has 7 unspecified atom stereocenters. The Balaban J connectivity index is 1.12. The predicted molar refractivity (Wildman–Crippen MR) is 210 cm³/mol. The van der Waals surface area contributed by atoms with Crippen molar-refractivity contribution in [1.29, 1.82) is 0 Å². The molecule has 4 heterocycles. The monoisotopic (exact) mass is 842 g/mol. The summed E-state index contributed by atoms with van der Waals surface area (Å²) in [6.45, 7) is 10.0. The SMILES string of the molecule is COC1Cc2c(cc3c(c2O)C(=O)c2c(ccc4c2OC2OC4(C)C(O[C@@H]4C[C@@](C)(N)[C@@H](O[C@@H]5O[C@@H](C)[C@H](O)[C@@](C)(O)[C@H]5OC)[C@H](C)O4)C(N(C)C)C2O)C3=O)CC1(C)O. The number of carbonyl (C=O) groups is 2. The van der Waals surface area contributed by atoms with Crippen LogP contribution in [-0.4, -0.2) is 161 Å². The Morgan fingerprint density at radius 2 is 1.58 bits per heavy atom. The van der Waals surface area contributed by atoms with Gasteiger partial charge < -0.3 is 74.1 Å². The van der Waals surface area contributed by atoms with Gasteiger partial charge in [0.05, 0.1) is 41.1 Å². The molecule has 0 aromatic heterocycles. The lowest BCUT2D eigenvalue weighted by molar-refractivity contribution is -0.370. The van der Waals surface area contributed by atoms with Gasteiger partial charge in [0.25, 0.3) is 0 Å². The lowest BCUT2D eigenvalue weighted by atomic mass is 9.72. The van der Waals surface area contributed by atoms with Crippen molar-refractivity contribution >= 4 is 11.6 Å². The van der Waals surface area contributed by atoms with Crippen LogP contribution in [0.3, 0.4) is 0 Å². The molecule has 330 valence electrons. The van der Waals surface area contributed by atoms with Gasteiger partial charge in [-0.25, -0.2) is 0 Å². The third-order valence-electron chi connectivity index (χ3n) is 13.8. The van der Waals surface area contributed by atoms with Crippen molar-refractivity contribution in [2.45, 2.75) is 157 Å². The second-order valence-electron chi connectivity index (χ2n) is 18.6. The minimum atomic E-state index is -1.69. The quantitative estimate of drug-likeness (QED) is 0.193. The van der Waals surface area contributed by atoms with Crippen LogP contribution in [0.4, 0.5) is 0 Å². The summed E-state index contributed by atoms with van der Waals surface area (Å²) in [4.78, 5) is 30.7. The summed E-state index contributed by atoms with van der Waals surface area (Å²) in [5.41, 5.74) is 2.67. The lowest BCUT2D eigenvalue weighted by Crippen LogP contribution is -2.71. The maximum absolute atomic E-state index is 14.7. The number of ether oxygens (including phenoxy) is 8. The van der Waals surface area contributed by atoms with Gasteiger partial charge in [0.1, 0.15) is 53.2 Å². The molecule has 17 heteroatoms. The highest BCUT2D eigenvalue weighted by Crippen LogP contribution is 2.53. The van der Waals surface area contributed by atoms with E-state index in [1.54, 1.807) is 65.7 Å². The first-order chi connectivity index (χ1) is 28.0. The van der Waals surface area contributed by atoms with Crippen molar-refractivity contribution in [2.75, 3.05) is 28.3 Å². The Hall–Kier alpha value is -3.14. The van der Waals surface area contributed by atoms with E-state index in [9.17, 15) is 35.1 Å². The van der Waals surface area contributed by atoms with Crippen LogP contribution in [-0.2, 0) is 51.6 Å². The number of carbonyl (C=O) groups excluding carboxylic acids is 2. The summed E-state index contributed by atoms with van der Waals surface area (Å²) in [7, 11) is 6.41. The van der Waals surface area contributed by atoms with E-state index >= 15 is 0 Å². The second-order valence-corrected chi connectivity index (χ2v) is 18.6. The van der Waals surface area contributed by atoms with Crippen molar-refractivity contribution in [3.8, 4) is 11.5 Å². The van der Waals surface area contributed by atoms with Gasteiger partial charge in [-0.3, -0.25) is 9.59 Å². The molecule has 7 N–H and O–H groups in total. The molecule has 8 rings (SSSR count). The molecular formula is C43H58N2O15. The first-order valence-electron chi connectivity index (χ1n) is 20.4. The van der Waals surface area contributed by atoms with Crippen molar-refractivity contribution in [2.24, 2.45) is 5.73 Å². The highest BCUT2D eigenvalue weighted by molar-refractivity contribution is 6.30. The molecule has 6 aliphatic rings. The number of aliphatic hydroxyl groups is 4. The average Bonchev–Trinajstić information content (AvgIpc) is 3.15. The van der Waals surface area contributed by atoms with Crippen LogP contribution < -0.4 is 10.5 Å². The van der Waals surface area contributed by atoms with Gasteiger partial charge in [-0.2, -0.15) is 0 Å². The Morgan fingerprint density at radius 1 is 0.883 bits per heavy atom. The van der Waals surface area contributed by atoms with E-state index in [-0.39, 0.29) is 53.0 Å². The van der Waals surface area contributed by atoms with Gasteiger partial charge in [0.15, 0.2) is 18.4 Å². The zero-order valence-electron chi connectivity index (χ0n) is 35.6. The summed E-state index contributed by atoms with van der Waals surface area (Å²) in [5, 5.41) is 56.5. The highest BCUT2D eigenvalue weighted by atomic mass is 16.8. The summed E-state index contributed by atoms with van der Waals surface area (Å²) in [6, 6.07) is 4.01. The van der Waals surface area contributed by atoms with Crippen molar-refractivity contribution in [3.05, 3.63) is 57.1 Å². The van der Waals surface area contributed by atoms with Crippen molar-refractivity contribution in [3.63, 3.8) is 0 Å². The molecule has 0 amide bonds. The molecule has 2 aromatic rings. The molecule has 0 radical (unpaired) electrons. The number of phenols is 1. The number of hydrogen-bond acceptors (Lipinski definition) is 17. The van der Waals surface area contributed by atoms with Crippen LogP contribution in [0.1, 0.15) is 96.5 Å². The molecule has 3 saturated heterocycles. The van der Waals surface area contributed by atoms with E-state index in [0.717, 1.165) is 0 Å². The lowest BCUT2D eigenvalue weighted by Gasteiger charge is -2.56. The largest absolute Gasteiger partial charge is 0.507 e. The number of nitrogens with two attached hydrogens (primary N) is 1. The van der Waals surface area contributed by atoms with E-state index < -0.39 is 108 Å². The molecule has 3 fully saturated rings. The summed E-state index contributed by atoms with van der Waals surface area (Å²) < 4.78 is 49.6. The number of aliphatic hydroxyl groups excluding tert-OH is 2. The number of phenolic OH excluding ortho intramolecular Hbond substituents is 1. The summed E-state index contributed by atoms with van der Waals surface area (Å²) in [5.74, 6) is -1.47. The number of likely N-dealkylation sites (N-methyl/N-ethyl adjacent to an activating group) is 1. The summed E-state index contributed by atoms with van der Waals surface area (Å²) >= 11 is 0. The van der Waals surface area contributed by atoms with E-state index in [4.69, 9.17) is 43.6 Å². The van der Waals surface area contributed by atoms with E-state index in [1.165, 1.54) is 27.2 Å². The average molecular weight is 843 g/mol. The zero-order chi connectivity index (χ0) is 43.8. The van der Waals surface area contributed by atoms with Crippen LogP contribution in [0.5, 0.6) is 11.5 Å². The second kappa shape index (κ2) is 14.7. The third kappa shape index (κ3) is 6.47. The zero-order valence-corrected chi connectivity index (χ0v) is 35.6. The molecule has 0 spiro atoms. The molecule has 4 aliphatic heterocycles. The Labute approximate surface area is 348 Å². The van der Waals surface area contributed by atoms with Crippen molar-refractivity contribution in [1.82, 2.24) is 4.90 Å². The van der Waals surface area contributed by atoms with Gasteiger partial charge in [0.2, 0.25) is 12.1 Å². The van der Waals surface area contributed by atoms with E-state index in [1.807, 2.05) is 0 Å². The number of methoxy groups -OCH3 is 2. The summed E-state index contributed by atoms with van der Waals surface area (Å²) in [6.07, 6.45) is -10.6. The van der Waals surface area contributed by atoms with Crippen molar-refractivity contribution < 1.29 is 73.0 Å². The Morgan fingerprint density at radius 3 is 2.22 bits per heavy atom. The van der Waals surface area contributed by atoms with Gasteiger partial charge in [0, 0.05) is 61.3 Å². The fourth-order valence-electron chi connectivity index (χ4n) is 10.6. The first kappa shape index (κ1) is 43.5. The fraction of sp³-hybridized carbons (Fsp3) is 0.674. The van der Waals surface area contributed by atoms with E-state index in [0.29, 0.717) is 16.7 Å².